The van der Waals surface area contributed by atoms with E-state index in [2.05, 4.69) is 33.3 Å². The number of anilines is 2. The van der Waals surface area contributed by atoms with E-state index in [1.807, 2.05) is 0 Å². The first-order valence-corrected chi connectivity index (χ1v) is 7.26. The molecule has 1 saturated carbocycles. The second kappa shape index (κ2) is 3.21. The standard InChI is InChI=1S/C15H19N3/c1-2-10-7-16-4-5-17-9-14-12-6-11(12)8-18(14)13(3-1)15(10)17/h1-3,11-12,14,16H,4-9H2. The molecule has 18 heavy (non-hydrogen) atoms. The zero-order valence-corrected chi connectivity index (χ0v) is 10.6. The average molecular weight is 241 g/mol. The average Bonchev–Trinajstić information content (AvgIpc) is 3.11. The van der Waals surface area contributed by atoms with Crippen LogP contribution in [0.4, 0.5) is 11.4 Å². The number of benzene rings is 1. The van der Waals surface area contributed by atoms with E-state index in [1.165, 1.54) is 43.0 Å². The Bertz CT molecular complexity index is 512. The minimum Gasteiger partial charge on any atom is -0.366 e. The molecule has 3 atom stereocenters. The Balaban J connectivity index is 1.68. The van der Waals surface area contributed by atoms with Gasteiger partial charge in [-0.2, -0.15) is 0 Å². The smallest absolute Gasteiger partial charge is 0.0650 e. The summed E-state index contributed by atoms with van der Waals surface area (Å²) in [6.07, 6.45) is 1.49. The highest BCUT2D eigenvalue weighted by atomic mass is 15.3. The van der Waals surface area contributed by atoms with Gasteiger partial charge >= 0.3 is 0 Å². The van der Waals surface area contributed by atoms with Gasteiger partial charge in [-0.1, -0.05) is 12.1 Å². The Morgan fingerprint density at radius 1 is 1.22 bits per heavy atom. The predicted octanol–water partition coefficient (Wildman–Crippen LogP) is 1.43. The van der Waals surface area contributed by atoms with Crippen molar-refractivity contribution < 1.29 is 0 Å². The van der Waals surface area contributed by atoms with Crippen LogP contribution in [-0.4, -0.2) is 32.2 Å². The molecule has 0 bridgehead atoms. The van der Waals surface area contributed by atoms with Crippen molar-refractivity contribution in [2.24, 2.45) is 11.8 Å². The Morgan fingerprint density at radius 2 is 2.22 bits per heavy atom. The van der Waals surface area contributed by atoms with Gasteiger partial charge in [0, 0.05) is 38.8 Å². The molecule has 1 N–H and O–H groups in total. The van der Waals surface area contributed by atoms with Gasteiger partial charge in [-0.3, -0.25) is 0 Å². The molecule has 1 aromatic rings. The topological polar surface area (TPSA) is 18.5 Å². The maximum absolute atomic E-state index is 3.55. The van der Waals surface area contributed by atoms with Gasteiger partial charge in [0.05, 0.1) is 11.4 Å². The summed E-state index contributed by atoms with van der Waals surface area (Å²) in [7, 11) is 0. The second-order valence-electron chi connectivity index (χ2n) is 6.29. The normalized spacial score (nSPS) is 35.7. The molecule has 2 fully saturated rings. The van der Waals surface area contributed by atoms with Crippen LogP contribution < -0.4 is 15.1 Å². The number of piperidine rings is 1. The van der Waals surface area contributed by atoms with Crippen LogP contribution in [0, 0.1) is 11.8 Å². The van der Waals surface area contributed by atoms with E-state index < -0.39 is 0 Å². The van der Waals surface area contributed by atoms with Crippen molar-refractivity contribution in [1.82, 2.24) is 5.32 Å². The van der Waals surface area contributed by atoms with Crippen LogP contribution in [0.25, 0.3) is 0 Å². The Morgan fingerprint density at radius 3 is 3.22 bits per heavy atom. The van der Waals surface area contributed by atoms with Crippen LogP contribution in [0.15, 0.2) is 18.2 Å². The summed E-state index contributed by atoms with van der Waals surface area (Å²) < 4.78 is 0. The summed E-state index contributed by atoms with van der Waals surface area (Å²) in [5.41, 5.74) is 4.53. The van der Waals surface area contributed by atoms with Crippen LogP contribution in [0.2, 0.25) is 0 Å². The summed E-state index contributed by atoms with van der Waals surface area (Å²) in [6, 6.07) is 7.68. The molecule has 1 saturated heterocycles. The lowest BCUT2D eigenvalue weighted by molar-refractivity contribution is 0.553. The molecule has 94 valence electrons. The van der Waals surface area contributed by atoms with Gasteiger partial charge < -0.3 is 15.1 Å². The molecule has 3 unspecified atom stereocenters. The summed E-state index contributed by atoms with van der Waals surface area (Å²) in [5.74, 6) is 2.01. The van der Waals surface area contributed by atoms with Crippen molar-refractivity contribution in [2.45, 2.75) is 19.0 Å². The van der Waals surface area contributed by atoms with Crippen LogP contribution in [0.1, 0.15) is 12.0 Å². The van der Waals surface area contributed by atoms with E-state index in [1.54, 1.807) is 0 Å². The number of nitrogens with zero attached hydrogens (tertiary/aromatic N) is 2. The molecule has 3 nitrogen and oxygen atoms in total. The zero-order valence-electron chi connectivity index (χ0n) is 10.6. The summed E-state index contributed by atoms with van der Waals surface area (Å²) in [5, 5.41) is 3.55. The highest BCUT2D eigenvalue weighted by Gasteiger charge is 2.54. The molecular formula is C15H19N3. The van der Waals surface area contributed by atoms with E-state index >= 15 is 0 Å². The Kier molecular flexibility index (Phi) is 1.72. The first-order chi connectivity index (χ1) is 8.92. The third kappa shape index (κ3) is 1.13. The Hall–Kier alpha value is -1.22. The molecule has 3 heterocycles. The third-order valence-corrected chi connectivity index (χ3v) is 5.31. The van der Waals surface area contributed by atoms with E-state index in [9.17, 15) is 0 Å². The van der Waals surface area contributed by atoms with Crippen molar-refractivity contribution in [2.75, 3.05) is 36.0 Å². The fraction of sp³-hybridized carbons (Fsp3) is 0.600. The van der Waals surface area contributed by atoms with E-state index in [0.717, 1.165) is 31.0 Å². The monoisotopic (exact) mass is 241 g/mol. The van der Waals surface area contributed by atoms with Crippen LogP contribution in [0.5, 0.6) is 0 Å². The highest BCUT2D eigenvalue weighted by molar-refractivity contribution is 5.78. The second-order valence-corrected chi connectivity index (χ2v) is 6.29. The lowest BCUT2D eigenvalue weighted by atomic mass is 10.0. The molecule has 3 heteroatoms. The number of rotatable bonds is 0. The predicted molar refractivity (Wildman–Crippen MR) is 73.1 cm³/mol. The van der Waals surface area contributed by atoms with Gasteiger partial charge in [-0.05, 0) is 29.9 Å². The van der Waals surface area contributed by atoms with Gasteiger partial charge in [0.25, 0.3) is 0 Å². The minimum atomic E-state index is 0.802. The van der Waals surface area contributed by atoms with Gasteiger partial charge in [-0.25, -0.2) is 0 Å². The molecule has 4 aliphatic rings. The highest BCUT2D eigenvalue weighted by Crippen LogP contribution is 2.54. The minimum absolute atomic E-state index is 0.802. The van der Waals surface area contributed by atoms with Crippen molar-refractivity contribution in [3.63, 3.8) is 0 Å². The molecule has 5 rings (SSSR count). The van der Waals surface area contributed by atoms with Gasteiger partial charge in [-0.15, -0.1) is 0 Å². The molecular weight excluding hydrogens is 222 g/mol. The zero-order chi connectivity index (χ0) is 11.7. The quantitative estimate of drug-likeness (QED) is 0.741. The lowest BCUT2D eigenvalue weighted by Gasteiger charge is -2.43. The fourth-order valence-electron chi connectivity index (χ4n) is 4.36. The van der Waals surface area contributed by atoms with Crippen LogP contribution >= 0.6 is 0 Å². The SMILES string of the molecule is c1cc2c3c(c1)N1CC4CC4C1CN3CCNC2. The van der Waals surface area contributed by atoms with E-state index in [4.69, 9.17) is 0 Å². The largest absolute Gasteiger partial charge is 0.366 e. The molecule has 0 amide bonds. The molecule has 0 aromatic heterocycles. The third-order valence-electron chi connectivity index (χ3n) is 5.31. The molecule has 3 aliphatic heterocycles. The lowest BCUT2D eigenvalue weighted by Crippen LogP contribution is -2.48. The maximum Gasteiger partial charge on any atom is 0.0650 e. The van der Waals surface area contributed by atoms with Crippen molar-refractivity contribution in [1.29, 1.82) is 0 Å². The van der Waals surface area contributed by atoms with Gasteiger partial charge in [0.15, 0.2) is 0 Å². The Labute approximate surface area is 108 Å². The van der Waals surface area contributed by atoms with E-state index in [0.29, 0.717) is 0 Å². The molecule has 1 aromatic carbocycles. The molecule has 0 radical (unpaired) electrons. The number of hydrogen-bond donors (Lipinski definition) is 1. The molecule has 1 aliphatic carbocycles. The van der Waals surface area contributed by atoms with Crippen LogP contribution in [-0.2, 0) is 6.54 Å². The number of fused-ring (bicyclic) bond motifs is 4. The fourth-order valence-corrected chi connectivity index (χ4v) is 4.36. The number of para-hydroxylation sites is 1. The van der Waals surface area contributed by atoms with Crippen molar-refractivity contribution in [3.05, 3.63) is 23.8 Å². The van der Waals surface area contributed by atoms with Crippen molar-refractivity contribution in [3.8, 4) is 0 Å². The number of hydrogen-bond acceptors (Lipinski definition) is 3. The van der Waals surface area contributed by atoms with Crippen molar-refractivity contribution >= 4 is 11.4 Å². The van der Waals surface area contributed by atoms with Gasteiger partial charge in [0.1, 0.15) is 0 Å². The maximum atomic E-state index is 3.55. The number of nitrogens with one attached hydrogen (secondary N) is 1. The molecule has 0 spiro atoms. The first-order valence-electron chi connectivity index (χ1n) is 7.26. The summed E-state index contributed by atoms with van der Waals surface area (Å²) >= 11 is 0. The summed E-state index contributed by atoms with van der Waals surface area (Å²) in [4.78, 5) is 5.35. The van der Waals surface area contributed by atoms with E-state index in [-0.39, 0.29) is 0 Å². The first kappa shape index (κ1) is 9.68. The van der Waals surface area contributed by atoms with Crippen LogP contribution in [0.3, 0.4) is 0 Å². The summed E-state index contributed by atoms with van der Waals surface area (Å²) in [6.45, 7) is 5.89. The van der Waals surface area contributed by atoms with Gasteiger partial charge in [0.2, 0.25) is 0 Å².